The van der Waals surface area contributed by atoms with Crippen LogP contribution in [-0.2, 0) is 13.6 Å². The molecule has 1 fully saturated rings. The summed E-state index contributed by atoms with van der Waals surface area (Å²) in [7, 11) is 3.76. The third-order valence-electron chi connectivity index (χ3n) is 4.47. The molecular formula is C17H33IN6. The van der Waals surface area contributed by atoms with E-state index < -0.39 is 0 Å². The Bertz CT molecular complexity index is 491. The van der Waals surface area contributed by atoms with Crippen molar-refractivity contribution < 1.29 is 0 Å². The van der Waals surface area contributed by atoms with Crippen LogP contribution in [0, 0.1) is 11.8 Å². The first-order chi connectivity index (χ1) is 11.1. The molecule has 0 bridgehead atoms. The first kappa shape index (κ1) is 21.2. The number of aromatic nitrogens is 2. The number of rotatable bonds is 6. The summed E-state index contributed by atoms with van der Waals surface area (Å²) in [6, 6.07) is 2.01. The zero-order chi connectivity index (χ0) is 16.7. The second-order valence-electron chi connectivity index (χ2n) is 6.86. The lowest BCUT2D eigenvalue weighted by molar-refractivity contribution is 0.140. The smallest absolute Gasteiger partial charge is 0.191 e. The van der Waals surface area contributed by atoms with Gasteiger partial charge in [0.05, 0.1) is 12.2 Å². The topological polar surface area (TPSA) is 57.5 Å². The van der Waals surface area contributed by atoms with Gasteiger partial charge in [0.15, 0.2) is 5.96 Å². The minimum Gasteiger partial charge on any atom is -0.356 e. The van der Waals surface area contributed by atoms with Crippen LogP contribution in [-0.4, -0.2) is 53.9 Å². The van der Waals surface area contributed by atoms with E-state index in [4.69, 9.17) is 0 Å². The highest BCUT2D eigenvalue weighted by molar-refractivity contribution is 14.0. The van der Waals surface area contributed by atoms with Crippen LogP contribution in [0.5, 0.6) is 0 Å². The molecule has 1 aromatic rings. The molecule has 1 aliphatic heterocycles. The summed E-state index contributed by atoms with van der Waals surface area (Å²) in [6.07, 6.45) is 4.33. The van der Waals surface area contributed by atoms with Crippen molar-refractivity contribution in [2.45, 2.75) is 33.2 Å². The van der Waals surface area contributed by atoms with Crippen LogP contribution in [0.25, 0.3) is 0 Å². The van der Waals surface area contributed by atoms with Gasteiger partial charge in [-0.05, 0) is 37.3 Å². The lowest BCUT2D eigenvalue weighted by atomic mass is 9.92. The number of piperidine rings is 1. The number of aryl methyl sites for hydroxylation is 1. The molecule has 6 nitrogen and oxygen atoms in total. The van der Waals surface area contributed by atoms with E-state index in [-0.39, 0.29) is 24.0 Å². The third-order valence-corrected chi connectivity index (χ3v) is 4.47. The lowest BCUT2D eigenvalue weighted by Gasteiger charge is -2.35. The standard InChI is InChI=1S/C17H32N6.HI/c1-14-10-15(2)13-23(12-14)9-5-7-19-17(18-3)20-11-16-6-8-21-22(16)4;/h6,8,14-15H,5,7,9-13H2,1-4H3,(H2,18,19,20);1H. The van der Waals surface area contributed by atoms with E-state index in [0.717, 1.165) is 43.0 Å². The molecule has 0 aliphatic carbocycles. The Morgan fingerprint density at radius 3 is 2.58 bits per heavy atom. The highest BCUT2D eigenvalue weighted by Gasteiger charge is 2.20. The van der Waals surface area contributed by atoms with Gasteiger partial charge in [-0.15, -0.1) is 24.0 Å². The number of likely N-dealkylation sites (tertiary alicyclic amines) is 1. The average Bonchev–Trinajstić information content (AvgIpc) is 2.91. The van der Waals surface area contributed by atoms with Gasteiger partial charge in [-0.25, -0.2) is 0 Å². The monoisotopic (exact) mass is 448 g/mol. The Labute approximate surface area is 163 Å². The van der Waals surface area contributed by atoms with E-state index in [1.54, 1.807) is 0 Å². The number of hydrogen-bond donors (Lipinski definition) is 2. The fourth-order valence-electron chi connectivity index (χ4n) is 3.45. The van der Waals surface area contributed by atoms with Crippen molar-refractivity contribution in [2.24, 2.45) is 23.9 Å². The van der Waals surface area contributed by atoms with Gasteiger partial charge in [0.2, 0.25) is 0 Å². The summed E-state index contributed by atoms with van der Waals surface area (Å²) in [4.78, 5) is 6.88. The van der Waals surface area contributed by atoms with Crippen molar-refractivity contribution >= 4 is 29.9 Å². The molecule has 24 heavy (non-hydrogen) atoms. The van der Waals surface area contributed by atoms with Crippen molar-refractivity contribution in [3.8, 4) is 0 Å². The SMILES string of the molecule is CN=C(NCCCN1CC(C)CC(C)C1)NCc1ccnn1C.I. The van der Waals surface area contributed by atoms with Crippen LogP contribution in [0.4, 0.5) is 0 Å². The van der Waals surface area contributed by atoms with Crippen LogP contribution < -0.4 is 10.6 Å². The lowest BCUT2D eigenvalue weighted by Crippen LogP contribution is -2.41. The van der Waals surface area contributed by atoms with Gasteiger partial charge in [0, 0.05) is 39.9 Å². The number of nitrogens with zero attached hydrogens (tertiary/aromatic N) is 4. The van der Waals surface area contributed by atoms with Gasteiger partial charge < -0.3 is 15.5 Å². The quantitative estimate of drug-likeness (QED) is 0.303. The summed E-state index contributed by atoms with van der Waals surface area (Å²) in [5.41, 5.74) is 1.14. The van der Waals surface area contributed by atoms with Crippen molar-refractivity contribution in [3.63, 3.8) is 0 Å². The van der Waals surface area contributed by atoms with Crippen LogP contribution in [0.15, 0.2) is 17.3 Å². The molecule has 0 saturated carbocycles. The van der Waals surface area contributed by atoms with Gasteiger partial charge in [-0.2, -0.15) is 5.10 Å². The Morgan fingerprint density at radius 1 is 1.29 bits per heavy atom. The number of guanidine groups is 1. The minimum absolute atomic E-state index is 0. The predicted octanol–water partition coefficient (Wildman–Crippen LogP) is 2.07. The number of hydrogen-bond acceptors (Lipinski definition) is 3. The first-order valence-corrected chi connectivity index (χ1v) is 8.72. The molecule has 1 aromatic heterocycles. The van der Waals surface area contributed by atoms with E-state index >= 15 is 0 Å². The van der Waals surface area contributed by atoms with Crippen LogP contribution in [0.2, 0.25) is 0 Å². The summed E-state index contributed by atoms with van der Waals surface area (Å²) in [6.45, 7) is 10.1. The minimum atomic E-state index is 0. The summed E-state index contributed by atoms with van der Waals surface area (Å²) in [5, 5.41) is 10.9. The maximum Gasteiger partial charge on any atom is 0.191 e. The molecule has 1 saturated heterocycles. The molecule has 1 aliphatic rings. The molecule has 2 rings (SSSR count). The number of halogens is 1. The fraction of sp³-hybridized carbons (Fsp3) is 0.765. The second-order valence-corrected chi connectivity index (χ2v) is 6.86. The number of nitrogens with one attached hydrogen (secondary N) is 2. The zero-order valence-electron chi connectivity index (χ0n) is 15.5. The molecule has 2 unspecified atom stereocenters. The summed E-state index contributed by atoms with van der Waals surface area (Å²) < 4.78 is 1.87. The van der Waals surface area contributed by atoms with Gasteiger partial charge in [0.1, 0.15) is 0 Å². The molecule has 0 aromatic carbocycles. The first-order valence-electron chi connectivity index (χ1n) is 8.72. The highest BCUT2D eigenvalue weighted by Crippen LogP contribution is 2.20. The van der Waals surface area contributed by atoms with Gasteiger partial charge in [-0.3, -0.25) is 9.67 Å². The molecule has 0 spiro atoms. The molecule has 0 amide bonds. The maximum absolute atomic E-state index is 4.28. The Balaban J connectivity index is 0.00000288. The van der Waals surface area contributed by atoms with E-state index in [1.807, 2.05) is 31.0 Å². The summed E-state index contributed by atoms with van der Waals surface area (Å²) in [5.74, 6) is 2.52. The largest absolute Gasteiger partial charge is 0.356 e. The van der Waals surface area contributed by atoms with Gasteiger partial charge in [0.25, 0.3) is 0 Å². The van der Waals surface area contributed by atoms with Crippen LogP contribution in [0.3, 0.4) is 0 Å². The third kappa shape index (κ3) is 6.96. The van der Waals surface area contributed by atoms with Crippen molar-refractivity contribution in [1.82, 2.24) is 25.3 Å². The Morgan fingerprint density at radius 2 is 2.00 bits per heavy atom. The van der Waals surface area contributed by atoms with Crippen molar-refractivity contribution in [3.05, 3.63) is 18.0 Å². The number of aliphatic imine (C=N–C) groups is 1. The highest BCUT2D eigenvalue weighted by atomic mass is 127. The van der Waals surface area contributed by atoms with Crippen molar-refractivity contribution in [2.75, 3.05) is 33.2 Å². The molecule has 7 heteroatoms. The Hall–Kier alpha value is -0.830. The van der Waals surface area contributed by atoms with Crippen LogP contribution in [0.1, 0.15) is 32.4 Å². The van der Waals surface area contributed by atoms with E-state index in [1.165, 1.54) is 26.1 Å². The van der Waals surface area contributed by atoms with Crippen molar-refractivity contribution in [1.29, 1.82) is 0 Å². The average molecular weight is 448 g/mol. The molecule has 2 atom stereocenters. The van der Waals surface area contributed by atoms with Gasteiger partial charge >= 0.3 is 0 Å². The molecular weight excluding hydrogens is 415 g/mol. The van der Waals surface area contributed by atoms with E-state index in [9.17, 15) is 0 Å². The zero-order valence-corrected chi connectivity index (χ0v) is 17.8. The van der Waals surface area contributed by atoms with Crippen LogP contribution >= 0.6 is 24.0 Å². The van der Waals surface area contributed by atoms with E-state index in [0.29, 0.717) is 0 Å². The maximum atomic E-state index is 4.28. The normalized spacial score (nSPS) is 22.1. The molecule has 2 heterocycles. The molecule has 0 radical (unpaired) electrons. The predicted molar refractivity (Wildman–Crippen MR) is 111 cm³/mol. The fourth-order valence-corrected chi connectivity index (χ4v) is 3.45. The van der Waals surface area contributed by atoms with Gasteiger partial charge in [-0.1, -0.05) is 13.8 Å². The second kappa shape index (κ2) is 10.9. The Kier molecular flexibility index (Phi) is 9.65. The van der Waals surface area contributed by atoms with E-state index in [2.05, 4.69) is 39.5 Å². The molecule has 2 N–H and O–H groups in total. The molecule has 138 valence electrons. The summed E-state index contributed by atoms with van der Waals surface area (Å²) >= 11 is 0.